The number of aromatic hydroxyl groups is 1. The fraction of sp³-hybridized carbons (Fsp3) is 0.419. The highest BCUT2D eigenvalue weighted by atomic mass is 16.5. The quantitative estimate of drug-likeness (QED) is 0.418. The zero-order valence-electron chi connectivity index (χ0n) is 21.5. The lowest BCUT2D eigenvalue weighted by Gasteiger charge is -2.40. The van der Waals surface area contributed by atoms with Crippen LogP contribution < -0.4 is 18.9 Å². The number of phenolic OH excluding ortho intramolecular Hbond substituents is 1. The number of hydrogen-bond acceptors (Lipinski definition) is 7. The lowest BCUT2D eigenvalue weighted by atomic mass is 9.77. The van der Waals surface area contributed by atoms with Crippen LogP contribution in [0, 0.1) is 11.8 Å². The second-order valence-electron chi connectivity index (χ2n) is 10.6. The minimum absolute atomic E-state index is 0.166. The Balaban J connectivity index is 1.32. The van der Waals surface area contributed by atoms with E-state index in [4.69, 9.17) is 18.9 Å². The molecule has 3 aliphatic rings. The lowest BCUT2D eigenvalue weighted by Crippen LogP contribution is -2.40. The van der Waals surface area contributed by atoms with Crippen molar-refractivity contribution in [2.75, 3.05) is 20.3 Å². The van der Waals surface area contributed by atoms with Crippen LogP contribution in [0.25, 0.3) is 0 Å². The molecule has 2 aliphatic heterocycles. The van der Waals surface area contributed by atoms with Gasteiger partial charge in [-0.2, -0.15) is 0 Å². The predicted molar refractivity (Wildman–Crippen MR) is 141 cm³/mol. The number of fused-ring (bicyclic) bond motifs is 2. The van der Waals surface area contributed by atoms with Gasteiger partial charge in [-0.25, -0.2) is 0 Å². The summed E-state index contributed by atoms with van der Waals surface area (Å²) >= 11 is 0. The highest BCUT2D eigenvalue weighted by Crippen LogP contribution is 2.48. The summed E-state index contributed by atoms with van der Waals surface area (Å²) in [6.45, 7) is 0.518. The zero-order valence-corrected chi connectivity index (χ0v) is 21.5. The fourth-order valence-electron chi connectivity index (χ4n) is 6.10. The number of ether oxygens (including phenoxy) is 4. The standard InChI is InChI=1S/C31H34O7/c1-35-22-9-10-28-24(14-22)29(33)26(16-36-28)27-17-37-31-19(11-18-5-4-6-20(32)12-18)13-23(15-25(31)30(27)34)38-21-7-2-3-8-21/h4-6,9-10,12-15,21,26-27,29-30,32-34H,2-3,7-8,11,16-17H2,1H3/t26-,27-,29-,30+/m0/s1. The Morgan fingerprint density at radius 3 is 2.34 bits per heavy atom. The van der Waals surface area contributed by atoms with Gasteiger partial charge in [-0.15, -0.1) is 0 Å². The maximum atomic E-state index is 11.7. The first-order valence-electron chi connectivity index (χ1n) is 13.4. The van der Waals surface area contributed by atoms with Gasteiger partial charge in [-0.3, -0.25) is 0 Å². The Kier molecular flexibility index (Phi) is 6.80. The van der Waals surface area contributed by atoms with Crippen molar-refractivity contribution in [3.05, 3.63) is 76.9 Å². The molecule has 0 spiro atoms. The number of methoxy groups -OCH3 is 1. The SMILES string of the molecule is COc1ccc2c(c1)[C@H](O)[C@H]([C@@H]1COc3c(Cc4cccc(O)c4)cc(OC4CCCC4)cc3[C@H]1O)CO2. The van der Waals surface area contributed by atoms with Gasteiger partial charge in [-0.05, 0) is 73.7 Å². The Bertz CT molecular complexity index is 1300. The van der Waals surface area contributed by atoms with Crippen LogP contribution in [0.15, 0.2) is 54.6 Å². The van der Waals surface area contributed by atoms with Gasteiger partial charge < -0.3 is 34.3 Å². The molecule has 0 aromatic heterocycles. The summed E-state index contributed by atoms with van der Waals surface area (Å²) in [6.07, 6.45) is 3.35. The average molecular weight is 519 g/mol. The van der Waals surface area contributed by atoms with Gasteiger partial charge in [0.05, 0.1) is 38.6 Å². The van der Waals surface area contributed by atoms with Gasteiger partial charge in [0.25, 0.3) is 0 Å². The summed E-state index contributed by atoms with van der Waals surface area (Å²) in [6, 6.07) is 16.4. The normalized spacial score (nSPS) is 24.6. The van der Waals surface area contributed by atoms with Gasteiger partial charge in [-0.1, -0.05) is 12.1 Å². The van der Waals surface area contributed by atoms with Gasteiger partial charge >= 0.3 is 0 Å². The van der Waals surface area contributed by atoms with Crippen molar-refractivity contribution in [3.8, 4) is 28.7 Å². The molecule has 1 fully saturated rings. The minimum Gasteiger partial charge on any atom is -0.508 e. The molecule has 0 saturated heterocycles. The third kappa shape index (κ3) is 4.76. The summed E-state index contributed by atoms with van der Waals surface area (Å²) in [7, 11) is 1.59. The van der Waals surface area contributed by atoms with Crippen molar-refractivity contribution < 1.29 is 34.3 Å². The van der Waals surface area contributed by atoms with Crippen LogP contribution in [0.5, 0.6) is 28.7 Å². The van der Waals surface area contributed by atoms with Gasteiger partial charge in [0, 0.05) is 34.9 Å². The van der Waals surface area contributed by atoms with Crippen LogP contribution in [0.4, 0.5) is 0 Å². The molecule has 3 N–H and O–H groups in total. The number of hydrogen-bond donors (Lipinski definition) is 3. The Morgan fingerprint density at radius 1 is 0.842 bits per heavy atom. The van der Waals surface area contributed by atoms with Crippen LogP contribution in [0.1, 0.15) is 60.1 Å². The molecule has 3 aromatic carbocycles. The summed E-state index contributed by atoms with van der Waals surface area (Å²) in [5, 5.41) is 33.0. The molecule has 4 atom stereocenters. The molecular weight excluding hydrogens is 484 g/mol. The van der Waals surface area contributed by atoms with Crippen molar-refractivity contribution in [3.63, 3.8) is 0 Å². The van der Waals surface area contributed by atoms with E-state index >= 15 is 0 Å². The van der Waals surface area contributed by atoms with Crippen molar-refractivity contribution in [1.82, 2.24) is 0 Å². The second kappa shape index (κ2) is 10.4. The first-order chi connectivity index (χ1) is 18.5. The van der Waals surface area contributed by atoms with E-state index < -0.39 is 12.2 Å². The average Bonchev–Trinajstić information content (AvgIpc) is 3.43. The minimum atomic E-state index is -0.871. The summed E-state index contributed by atoms with van der Waals surface area (Å²) in [5.41, 5.74) is 3.15. The third-order valence-electron chi connectivity index (χ3n) is 8.14. The molecule has 1 aliphatic carbocycles. The van der Waals surface area contributed by atoms with Crippen molar-refractivity contribution in [1.29, 1.82) is 0 Å². The molecule has 7 nitrogen and oxygen atoms in total. The topological polar surface area (TPSA) is 97.6 Å². The molecular formula is C31H34O7. The van der Waals surface area contributed by atoms with Crippen LogP contribution in [-0.4, -0.2) is 41.7 Å². The van der Waals surface area contributed by atoms with Gasteiger partial charge in [0.2, 0.25) is 0 Å². The van der Waals surface area contributed by atoms with Crippen LogP contribution in [0.2, 0.25) is 0 Å². The number of aliphatic hydroxyl groups excluding tert-OH is 2. The molecule has 0 radical (unpaired) electrons. The van der Waals surface area contributed by atoms with Gasteiger partial charge in [0.15, 0.2) is 0 Å². The second-order valence-corrected chi connectivity index (χ2v) is 10.6. The lowest BCUT2D eigenvalue weighted by molar-refractivity contribution is -0.0554. The number of aliphatic hydroxyl groups is 2. The number of rotatable bonds is 6. The Morgan fingerprint density at radius 2 is 1.58 bits per heavy atom. The monoisotopic (exact) mass is 518 g/mol. The summed E-state index contributed by atoms with van der Waals surface area (Å²) < 4.78 is 24.0. The Hall–Kier alpha value is -3.42. The maximum absolute atomic E-state index is 11.7. The molecule has 3 aromatic rings. The molecule has 1 saturated carbocycles. The molecule has 7 heteroatoms. The van der Waals surface area contributed by atoms with E-state index in [9.17, 15) is 15.3 Å². The van der Waals surface area contributed by atoms with E-state index in [0.717, 1.165) is 36.8 Å². The zero-order chi connectivity index (χ0) is 26.2. The Labute approximate surface area is 222 Å². The van der Waals surface area contributed by atoms with E-state index in [2.05, 4.69) is 0 Å². The molecule has 0 unspecified atom stereocenters. The predicted octanol–water partition coefficient (Wildman–Crippen LogP) is 5.10. The molecule has 0 bridgehead atoms. The summed E-state index contributed by atoms with van der Waals surface area (Å²) in [5.74, 6) is 2.08. The van der Waals surface area contributed by atoms with E-state index in [1.165, 1.54) is 0 Å². The maximum Gasteiger partial charge on any atom is 0.128 e. The van der Waals surface area contributed by atoms with E-state index in [1.807, 2.05) is 24.3 Å². The highest BCUT2D eigenvalue weighted by molar-refractivity contribution is 5.52. The first kappa shape index (κ1) is 24.9. The van der Waals surface area contributed by atoms with Crippen molar-refractivity contribution in [2.24, 2.45) is 11.8 Å². The van der Waals surface area contributed by atoms with E-state index in [0.29, 0.717) is 40.5 Å². The van der Waals surface area contributed by atoms with Crippen LogP contribution >= 0.6 is 0 Å². The molecule has 2 heterocycles. The highest BCUT2D eigenvalue weighted by Gasteiger charge is 2.43. The molecule has 200 valence electrons. The summed E-state index contributed by atoms with van der Waals surface area (Å²) in [4.78, 5) is 0. The molecule has 38 heavy (non-hydrogen) atoms. The number of benzene rings is 3. The van der Waals surface area contributed by atoms with Gasteiger partial charge in [0.1, 0.15) is 28.7 Å². The largest absolute Gasteiger partial charge is 0.508 e. The van der Waals surface area contributed by atoms with Crippen molar-refractivity contribution >= 4 is 0 Å². The van der Waals surface area contributed by atoms with Crippen LogP contribution in [-0.2, 0) is 6.42 Å². The third-order valence-corrected chi connectivity index (χ3v) is 8.14. The molecule has 6 rings (SSSR count). The molecule has 0 amide bonds. The van der Waals surface area contributed by atoms with E-state index in [-0.39, 0.29) is 36.9 Å². The van der Waals surface area contributed by atoms with Crippen molar-refractivity contribution in [2.45, 2.75) is 50.4 Å². The fourth-order valence-corrected chi connectivity index (χ4v) is 6.10. The smallest absolute Gasteiger partial charge is 0.128 e. The number of phenols is 1. The first-order valence-corrected chi connectivity index (χ1v) is 13.4. The van der Waals surface area contributed by atoms with E-state index in [1.54, 1.807) is 37.4 Å². The van der Waals surface area contributed by atoms with Crippen LogP contribution in [0.3, 0.4) is 0 Å².